The molecule has 0 saturated carbocycles. The molecule has 0 unspecified atom stereocenters. The molecular weight excluding hydrogens is 392 g/mol. The van der Waals surface area contributed by atoms with Crippen LogP contribution < -0.4 is 10.1 Å². The molecule has 5 nitrogen and oxygen atoms in total. The predicted molar refractivity (Wildman–Crippen MR) is 96.9 cm³/mol. The largest absolute Gasteiger partial charge is 0.497 e. The van der Waals surface area contributed by atoms with Gasteiger partial charge in [0.15, 0.2) is 0 Å². The van der Waals surface area contributed by atoms with Crippen molar-refractivity contribution < 1.29 is 31.9 Å². The van der Waals surface area contributed by atoms with Gasteiger partial charge in [0.1, 0.15) is 17.5 Å². The van der Waals surface area contributed by atoms with Crippen LogP contribution >= 0.6 is 0 Å². The summed E-state index contributed by atoms with van der Waals surface area (Å²) in [4.78, 5) is 26.6. The molecular formula is C20H18F4N2O3. The molecule has 1 saturated heterocycles. The maximum Gasteiger partial charge on any atom is 0.416 e. The summed E-state index contributed by atoms with van der Waals surface area (Å²) < 4.78 is 58.6. The van der Waals surface area contributed by atoms with Gasteiger partial charge in [-0.25, -0.2) is 4.39 Å². The average Bonchev–Trinajstić information content (AvgIpc) is 2.97. The molecule has 0 radical (unpaired) electrons. The number of likely N-dealkylation sites (N-methyl/N-ethyl adjacent to an activating group) is 1. The molecule has 0 bridgehead atoms. The summed E-state index contributed by atoms with van der Waals surface area (Å²) in [6.07, 6.45) is -4.62. The van der Waals surface area contributed by atoms with Crippen LogP contribution in [0.5, 0.6) is 5.75 Å². The van der Waals surface area contributed by atoms with Crippen molar-refractivity contribution in [2.24, 2.45) is 5.92 Å². The number of nitrogens with one attached hydrogen (secondary N) is 1. The Morgan fingerprint density at radius 1 is 1.21 bits per heavy atom. The van der Waals surface area contributed by atoms with E-state index in [1.165, 1.54) is 43.3 Å². The molecule has 2 aromatic rings. The Labute approximate surface area is 164 Å². The van der Waals surface area contributed by atoms with Crippen molar-refractivity contribution in [2.45, 2.75) is 12.1 Å². The number of rotatable bonds is 4. The van der Waals surface area contributed by atoms with Gasteiger partial charge in [0.25, 0.3) is 0 Å². The zero-order valence-corrected chi connectivity index (χ0v) is 15.6. The molecule has 154 valence electrons. The van der Waals surface area contributed by atoms with E-state index in [0.717, 1.165) is 18.2 Å². The molecule has 9 heteroatoms. The van der Waals surface area contributed by atoms with Gasteiger partial charge in [-0.15, -0.1) is 0 Å². The van der Waals surface area contributed by atoms with Crippen LogP contribution in [0.3, 0.4) is 0 Å². The fourth-order valence-electron chi connectivity index (χ4n) is 3.38. The lowest BCUT2D eigenvalue weighted by molar-refractivity contribution is -0.137. The van der Waals surface area contributed by atoms with Gasteiger partial charge < -0.3 is 15.0 Å². The third kappa shape index (κ3) is 4.18. The maximum absolute atomic E-state index is 13.9. The van der Waals surface area contributed by atoms with E-state index in [4.69, 9.17) is 4.74 Å². The SMILES string of the molecule is COc1cc([C@H]2CN(C)C(=O)[C@@H]2C(=O)Nc2ccccc2F)cc(C(F)(F)F)c1. The highest BCUT2D eigenvalue weighted by Gasteiger charge is 2.45. The second-order valence-electron chi connectivity index (χ2n) is 6.76. The standard InChI is InChI=1S/C20H18F4N2O3/c1-26-10-14(11-7-12(20(22,23)24)9-13(8-11)29-2)17(19(26)28)18(27)25-16-6-4-3-5-15(16)21/h3-9,14,17H,10H2,1-2H3,(H,25,27)/t14-,17+/m1/s1. The molecule has 0 aromatic heterocycles. The third-order valence-electron chi connectivity index (χ3n) is 4.85. The van der Waals surface area contributed by atoms with Gasteiger partial charge in [-0.1, -0.05) is 12.1 Å². The Kier molecular flexibility index (Phi) is 5.50. The molecule has 1 aliphatic heterocycles. The summed E-state index contributed by atoms with van der Waals surface area (Å²) in [5.41, 5.74) is -0.912. The van der Waals surface area contributed by atoms with Gasteiger partial charge in [-0.05, 0) is 35.9 Å². The van der Waals surface area contributed by atoms with Gasteiger partial charge in [-0.2, -0.15) is 13.2 Å². The van der Waals surface area contributed by atoms with Crippen LogP contribution in [0.1, 0.15) is 17.0 Å². The van der Waals surface area contributed by atoms with E-state index >= 15 is 0 Å². The van der Waals surface area contributed by atoms with E-state index in [-0.39, 0.29) is 23.5 Å². The smallest absolute Gasteiger partial charge is 0.416 e. The van der Waals surface area contributed by atoms with Crippen LogP contribution in [0, 0.1) is 11.7 Å². The maximum atomic E-state index is 13.9. The number of methoxy groups -OCH3 is 1. The van der Waals surface area contributed by atoms with Crippen molar-refractivity contribution in [2.75, 3.05) is 26.0 Å². The summed E-state index contributed by atoms with van der Waals surface area (Å²) in [6.45, 7) is 0.0403. The number of anilines is 1. The monoisotopic (exact) mass is 410 g/mol. The minimum Gasteiger partial charge on any atom is -0.497 e. The topological polar surface area (TPSA) is 58.6 Å². The molecule has 0 aliphatic carbocycles. The number of hydrogen-bond acceptors (Lipinski definition) is 3. The molecule has 2 aromatic carbocycles. The molecule has 1 aliphatic rings. The number of benzene rings is 2. The molecule has 29 heavy (non-hydrogen) atoms. The van der Waals surface area contributed by atoms with E-state index in [0.29, 0.717) is 0 Å². The number of hydrogen-bond donors (Lipinski definition) is 1. The molecule has 0 spiro atoms. The van der Waals surface area contributed by atoms with Gasteiger partial charge in [0.2, 0.25) is 11.8 Å². The van der Waals surface area contributed by atoms with Crippen molar-refractivity contribution in [3.8, 4) is 5.75 Å². The van der Waals surface area contributed by atoms with E-state index in [2.05, 4.69) is 5.32 Å². The van der Waals surface area contributed by atoms with Crippen molar-refractivity contribution >= 4 is 17.5 Å². The number of para-hydroxylation sites is 1. The number of halogens is 4. The first kappa shape index (κ1) is 20.6. The minimum absolute atomic E-state index is 0.0370. The number of alkyl halides is 3. The minimum atomic E-state index is -4.62. The second kappa shape index (κ2) is 7.73. The Morgan fingerprint density at radius 3 is 2.52 bits per heavy atom. The van der Waals surface area contributed by atoms with Crippen molar-refractivity contribution in [1.82, 2.24) is 4.90 Å². The number of carbonyl (C=O) groups is 2. The Bertz CT molecular complexity index is 946. The second-order valence-corrected chi connectivity index (χ2v) is 6.76. The zero-order valence-electron chi connectivity index (χ0n) is 15.6. The van der Waals surface area contributed by atoms with Gasteiger partial charge in [0, 0.05) is 19.5 Å². The third-order valence-corrected chi connectivity index (χ3v) is 4.85. The first-order valence-corrected chi connectivity index (χ1v) is 8.68. The highest BCUT2D eigenvalue weighted by Crippen LogP contribution is 2.39. The Morgan fingerprint density at radius 2 is 1.90 bits per heavy atom. The molecule has 2 amide bonds. The molecule has 2 atom stereocenters. The Hall–Kier alpha value is -3.10. The molecule has 1 heterocycles. The van der Waals surface area contributed by atoms with Gasteiger partial charge >= 0.3 is 6.18 Å². The average molecular weight is 410 g/mol. The summed E-state index contributed by atoms with van der Waals surface area (Å²) in [5, 5.41) is 2.36. The number of ether oxygens (including phenoxy) is 1. The predicted octanol–water partition coefficient (Wildman–Crippen LogP) is 3.66. The van der Waals surface area contributed by atoms with Crippen LogP contribution in [-0.4, -0.2) is 37.4 Å². The van der Waals surface area contributed by atoms with Crippen LogP contribution in [0.4, 0.5) is 23.2 Å². The quantitative estimate of drug-likeness (QED) is 0.618. The van der Waals surface area contributed by atoms with Gasteiger partial charge in [0.05, 0.1) is 18.4 Å². The molecule has 1 N–H and O–H groups in total. The number of carbonyl (C=O) groups excluding carboxylic acids is 2. The number of amides is 2. The van der Waals surface area contributed by atoms with Crippen LogP contribution in [-0.2, 0) is 15.8 Å². The summed E-state index contributed by atoms with van der Waals surface area (Å²) in [7, 11) is 2.68. The fourth-order valence-corrected chi connectivity index (χ4v) is 3.38. The van der Waals surface area contributed by atoms with E-state index < -0.39 is 41.2 Å². The van der Waals surface area contributed by atoms with Crippen molar-refractivity contribution in [1.29, 1.82) is 0 Å². The fraction of sp³-hybridized carbons (Fsp3) is 0.300. The number of likely N-dealkylation sites (tertiary alicyclic amines) is 1. The van der Waals surface area contributed by atoms with E-state index in [1.807, 2.05) is 0 Å². The molecule has 1 fully saturated rings. The first-order valence-electron chi connectivity index (χ1n) is 8.68. The van der Waals surface area contributed by atoms with Crippen LogP contribution in [0.2, 0.25) is 0 Å². The lowest BCUT2D eigenvalue weighted by Gasteiger charge is -2.19. The summed E-state index contributed by atoms with van der Waals surface area (Å²) >= 11 is 0. The lowest BCUT2D eigenvalue weighted by Crippen LogP contribution is -2.33. The lowest BCUT2D eigenvalue weighted by atomic mass is 9.86. The summed E-state index contributed by atoms with van der Waals surface area (Å²) in [5.74, 6) is -4.21. The first-order chi connectivity index (χ1) is 13.6. The van der Waals surface area contributed by atoms with Crippen molar-refractivity contribution in [3.63, 3.8) is 0 Å². The van der Waals surface area contributed by atoms with Crippen molar-refractivity contribution in [3.05, 3.63) is 59.4 Å². The highest BCUT2D eigenvalue weighted by molar-refractivity contribution is 6.08. The zero-order chi connectivity index (χ0) is 21.3. The van der Waals surface area contributed by atoms with Crippen LogP contribution in [0.15, 0.2) is 42.5 Å². The molecule has 3 rings (SSSR count). The van der Waals surface area contributed by atoms with E-state index in [9.17, 15) is 27.2 Å². The Balaban J connectivity index is 1.98. The van der Waals surface area contributed by atoms with Crippen LogP contribution in [0.25, 0.3) is 0 Å². The van der Waals surface area contributed by atoms with Gasteiger partial charge in [-0.3, -0.25) is 9.59 Å². The normalized spacial score (nSPS) is 19.4. The highest BCUT2D eigenvalue weighted by atomic mass is 19.4. The van der Waals surface area contributed by atoms with E-state index in [1.54, 1.807) is 0 Å². The number of nitrogens with zero attached hydrogens (tertiary/aromatic N) is 1. The summed E-state index contributed by atoms with van der Waals surface area (Å²) in [6, 6.07) is 8.55.